The van der Waals surface area contributed by atoms with Gasteiger partial charge in [0, 0.05) is 19.7 Å². The fraction of sp³-hybridized carbons (Fsp3) is 0.889. The molecule has 1 unspecified atom stereocenters. The quantitative estimate of drug-likeness (QED) is 0.540. The molecule has 0 spiro atoms. The summed E-state index contributed by atoms with van der Waals surface area (Å²) in [5.74, 6) is 0.882. The van der Waals surface area contributed by atoms with Gasteiger partial charge in [0.1, 0.15) is 0 Å². The lowest BCUT2D eigenvalue weighted by Crippen LogP contribution is -2.39. The predicted molar refractivity (Wildman–Crippen MR) is 71.0 cm³/mol. The molecule has 0 amide bonds. The first kappa shape index (κ1) is 14.9. The summed E-state index contributed by atoms with van der Waals surface area (Å²) in [5.41, 5.74) is 0. The van der Waals surface area contributed by atoms with Crippen molar-refractivity contribution >= 4 is 29.9 Å². The standard InChI is InChI=1S/C9H19N3O2.HI/c1-8-7-11-9(12-8)10-3-4-14-6-5-13-2;/h8H,3-7H2,1-2H3,(H2,10,11,12);1H. The van der Waals surface area contributed by atoms with Crippen molar-refractivity contribution in [1.29, 1.82) is 0 Å². The van der Waals surface area contributed by atoms with Crippen LogP contribution in [0.5, 0.6) is 0 Å². The van der Waals surface area contributed by atoms with Gasteiger partial charge in [0.05, 0.1) is 26.4 Å². The van der Waals surface area contributed by atoms with E-state index < -0.39 is 0 Å². The van der Waals surface area contributed by atoms with Crippen LogP contribution in [-0.2, 0) is 9.47 Å². The summed E-state index contributed by atoms with van der Waals surface area (Å²) in [4.78, 5) is 4.26. The number of aliphatic imine (C=N–C) groups is 1. The van der Waals surface area contributed by atoms with Gasteiger partial charge in [-0.1, -0.05) is 0 Å². The average molecular weight is 329 g/mol. The summed E-state index contributed by atoms with van der Waals surface area (Å²) in [6.07, 6.45) is 0. The molecule has 6 heteroatoms. The topological polar surface area (TPSA) is 54.9 Å². The molecule has 0 saturated carbocycles. The molecule has 90 valence electrons. The van der Waals surface area contributed by atoms with E-state index >= 15 is 0 Å². The third-order valence-electron chi connectivity index (χ3n) is 1.88. The SMILES string of the molecule is COCCOCCNC1=NCC(C)N1.I. The number of halogens is 1. The van der Waals surface area contributed by atoms with Gasteiger partial charge in [-0.2, -0.15) is 0 Å². The van der Waals surface area contributed by atoms with E-state index in [0.29, 0.717) is 25.9 Å². The van der Waals surface area contributed by atoms with Crippen LogP contribution in [0.25, 0.3) is 0 Å². The minimum absolute atomic E-state index is 0. The first-order valence-electron chi connectivity index (χ1n) is 4.94. The van der Waals surface area contributed by atoms with E-state index in [1.54, 1.807) is 7.11 Å². The van der Waals surface area contributed by atoms with Gasteiger partial charge in [-0.25, -0.2) is 0 Å². The summed E-state index contributed by atoms with van der Waals surface area (Å²) in [5, 5.41) is 6.38. The Bertz CT molecular complexity index is 190. The molecular weight excluding hydrogens is 309 g/mol. The molecule has 0 saturated heterocycles. The average Bonchev–Trinajstić information content (AvgIpc) is 2.58. The number of hydrogen-bond acceptors (Lipinski definition) is 5. The lowest BCUT2D eigenvalue weighted by molar-refractivity contribution is 0.0733. The molecule has 1 aliphatic heterocycles. The Morgan fingerprint density at radius 2 is 2.27 bits per heavy atom. The number of ether oxygens (including phenoxy) is 2. The molecule has 0 aromatic heterocycles. The van der Waals surface area contributed by atoms with Gasteiger partial charge in [0.15, 0.2) is 5.96 Å². The Morgan fingerprint density at radius 3 is 2.87 bits per heavy atom. The molecule has 0 aromatic carbocycles. The van der Waals surface area contributed by atoms with Gasteiger partial charge >= 0.3 is 0 Å². The molecule has 0 fully saturated rings. The molecule has 0 aromatic rings. The normalized spacial score (nSPS) is 19.1. The zero-order chi connectivity index (χ0) is 10.2. The van der Waals surface area contributed by atoms with E-state index in [4.69, 9.17) is 9.47 Å². The minimum Gasteiger partial charge on any atom is -0.382 e. The Hall–Kier alpha value is -0.0800. The maximum Gasteiger partial charge on any atom is 0.191 e. The fourth-order valence-corrected chi connectivity index (χ4v) is 1.15. The van der Waals surface area contributed by atoms with Crippen LogP contribution in [0, 0.1) is 0 Å². The highest BCUT2D eigenvalue weighted by atomic mass is 127. The van der Waals surface area contributed by atoms with E-state index in [1.807, 2.05) is 0 Å². The first-order valence-corrected chi connectivity index (χ1v) is 4.94. The fourth-order valence-electron chi connectivity index (χ4n) is 1.15. The second kappa shape index (κ2) is 9.17. The van der Waals surface area contributed by atoms with Crippen LogP contribution in [0.4, 0.5) is 0 Å². The number of nitrogens with one attached hydrogen (secondary N) is 2. The van der Waals surface area contributed by atoms with Gasteiger partial charge in [-0.05, 0) is 6.92 Å². The van der Waals surface area contributed by atoms with Crippen molar-refractivity contribution in [3.05, 3.63) is 0 Å². The Kier molecular flexibility index (Phi) is 9.12. The van der Waals surface area contributed by atoms with Crippen molar-refractivity contribution in [3.8, 4) is 0 Å². The molecule has 0 bridgehead atoms. The predicted octanol–water partition coefficient (Wildman–Crippen LogP) is 0.205. The number of guanidine groups is 1. The van der Waals surface area contributed by atoms with Crippen molar-refractivity contribution in [3.63, 3.8) is 0 Å². The molecule has 0 aliphatic carbocycles. The van der Waals surface area contributed by atoms with Crippen molar-refractivity contribution in [2.75, 3.05) is 40.0 Å². The third-order valence-corrected chi connectivity index (χ3v) is 1.88. The highest BCUT2D eigenvalue weighted by molar-refractivity contribution is 14.0. The van der Waals surface area contributed by atoms with Crippen LogP contribution in [-0.4, -0.2) is 52.0 Å². The summed E-state index contributed by atoms with van der Waals surface area (Å²) < 4.78 is 10.1. The number of rotatable bonds is 6. The Labute approximate surface area is 108 Å². The molecule has 1 atom stereocenters. The number of methoxy groups -OCH3 is 1. The van der Waals surface area contributed by atoms with E-state index in [1.165, 1.54) is 0 Å². The second-order valence-electron chi connectivity index (χ2n) is 3.27. The highest BCUT2D eigenvalue weighted by Gasteiger charge is 2.10. The molecule has 5 nitrogen and oxygen atoms in total. The number of hydrogen-bond donors (Lipinski definition) is 2. The zero-order valence-corrected chi connectivity index (χ0v) is 11.6. The first-order chi connectivity index (χ1) is 6.83. The van der Waals surface area contributed by atoms with E-state index in [2.05, 4.69) is 22.5 Å². The van der Waals surface area contributed by atoms with Gasteiger partial charge in [0.2, 0.25) is 0 Å². The second-order valence-corrected chi connectivity index (χ2v) is 3.27. The van der Waals surface area contributed by atoms with Crippen molar-refractivity contribution in [2.24, 2.45) is 4.99 Å². The van der Waals surface area contributed by atoms with Crippen molar-refractivity contribution in [1.82, 2.24) is 10.6 Å². The molecule has 0 radical (unpaired) electrons. The van der Waals surface area contributed by atoms with E-state index in [-0.39, 0.29) is 24.0 Å². The smallest absolute Gasteiger partial charge is 0.191 e. The summed E-state index contributed by atoms with van der Waals surface area (Å²) in [6.45, 7) is 5.71. The van der Waals surface area contributed by atoms with Crippen LogP contribution in [0.1, 0.15) is 6.92 Å². The molecule has 15 heavy (non-hydrogen) atoms. The van der Waals surface area contributed by atoms with Crippen LogP contribution in [0.15, 0.2) is 4.99 Å². The van der Waals surface area contributed by atoms with Crippen LogP contribution < -0.4 is 10.6 Å². The van der Waals surface area contributed by atoms with Gasteiger partial charge in [-0.3, -0.25) is 4.99 Å². The molecule has 1 rings (SSSR count). The Balaban J connectivity index is 0.00000196. The lowest BCUT2D eigenvalue weighted by Gasteiger charge is -2.08. The summed E-state index contributed by atoms with van der Waals surface area (Å²) in [6, 6.07) is 0.451. The summed E-state index contributed by atoms with van der Waals surface area (Å²) >= 11 is 0. The van der Waals surface area contributed by atoms with Crippen LogP contribution in [0.3, 0.4) is 0 Å². The highest BCUT2D eigenvalue weighted by Crippen LogP contribution is 1.91. The van der Waals surface area contributed by atoms with Crippen LogP contribution in [0.2, 0.25) is 0 Å². The molecular formula is C9H20IN3O2. The maximum atomic E-state index is 5.29. The largest absolute Gasteiger partial charge is 0.382 e. The van der Waals surface area contributed by atoms with Gasteiger partial charge in [-0.15, -0.1) is 24.0 Å². The minimum atomic E-state index is 0. The van der Waals surface area contributed by atoms with E-state index in [9.17, 15) is 0 Å². The van der Waals surface area contributed by atoms with Gasteiger partial charge in [0.25, 0.3) is 0 Å². The van der Waals surface area contributed by atoms with Gasteiger partial charge < -0.3 is 20.1 Å². The zero-order valence-electron chi connectivity index (χ0n) is 9.28. The monoisotopic (exact) mass is 329 g/mol. The van der Waals surface area contributed by atoms with Crippen molar-refractivity contribution in [2.45, 2.75) is 13.0 Å². The summed E-state index contributed by atoms with van der Waals surface area (Å²) in [7, 11) is 1.67. The van der Waals surface area contributed by atoms with Crippen LogP contribution >= 0.6 is 24.0 Å². The van der Waals surface area contributed by atoms with Crippen molar-refractivity contribution < 1.29 is 9.47 Å². The molecule has 1 heterocycles. The molecule has 1 aliphatic rings. The number of nitrogens with zero attached hydrogens (tertiary/aromatic N) is 1. The molecule has 2 N–H and O–H groups in total. The maximum absolute atomic E-state index is 5.29. The Morgan fingerprint density at radius 1 is 1.47 bits per heavy atom. The third kappa shape index (κ3) is 6.91. The van der Waals surface area contributed by atoms with E-state index in [0.717, 1.165) is 19.0 Å². The lowest BCUT2D eigenvalue weighted by atomic mass is 10.4.